The first-order valence-electron chi connectivity index (χ1n) is 9.01. The second-order valence-electron chi connectivity index (χ2n) is 7.11. The van der Waals surface area contributed by atoms with Crippen LogP contribution in [0.5, 0.6) is 0 Å². The number of β-amino-alcohol motifs (C(OH)–C–C–N with tert-alkyl or cyclic N) is 1. The van der Waals surface area contributed by atoms with E-state index < -0.39 is 6.10 Å². The van der Waals surface area contributed by atoms with Gasteiger partial charge in [-0.1, -0.05) is 30.3 Å². The second kappa shape index (κ2) is 8.10. The van der Waals surface area contributed by atoms with Gasteiger partial charge < -0.3 is 20.1 Å². The van der Waals surface area contributed by atoms with Gasteiger partial charge in [-0.15, -0.1) is 0 Å². The molecule has 0 spiro atoms. The van der Waals surface area contributed by atoms with Crippen LogP contribution >= 0.6 is 0 Å². The Morgan fingerprint density at radius 3 is 2.62 bits per heavy atom. The van der Waals surface area contributed by atoms with Gasteiger partial charge >= 0.3 is 5.97 Å². The summed E-state index contributed by atoms with van der Waals surface area (Å²) in [6, 6.07) is 9.72. The molecule has 5 nitrogen and oxygen atoms in total. The fourth-order valence-corrected chi connectivity index (χ4v) is 3.63. The molecule has 1 aromatic carbocycles. The van der Waals surface area contributed by atoms with Crippen molar-refractivity contribution in [1.82, 2.24) is 10.2 Å². The molecule has 2 N–H and O–H groups in total. The van der Waals surface area contributed by atoms with E-state index in [1.54, 1.807) is 0 Å². The summed E-state index contributed by atoms with van der Waals surface area (Å²) >= 11 is 0. The van der Waals surface area contributed by atoms with Gasteiger partial charge in [-0.2, -0.15) is 0 Å². The maximum Gasteiger partial charge on any atom is 0.323 e. The Balaban J connectivity index is 1.37. The van der Waals surface area contributed by atoms with E-state index in [0.717, 1.165) is 44.5 Å². The minimum atomic E-state index is -0.421. The van der Waals surface area contributed by atoms with E-state index in [-0.39, 0.29) is 18.1 Å². The van der Waals surface area contributed by atoms with Crippen LogP contribution in [0.25, 0.3) is 0 Å². The zero-order valence-corrected chi connectivity index (χ0v) is 14.4. The quantitative estimate of drug-likeness (QED) is 0.777. The molecule has 2 aliphatic heterocycles. The molecule has 0 saturated carbocycles. The number of esters is 1. The van der Waals surface area contributed by atoms with E-state index in [1.165, 1.54) is 0 Å². The van der Waals surface area contributed by atoms with Crippen molar-refractivity contribution in [2.45, 2.75) is 44.4 Å². The molecule has 2 heterocycles. The molecule has 0 aliphatic carbocycles. The molecule has 0 unspecified atom stereocenters. The van der Waals surface area contributed by atoms with Gasteiger partial charge in [-0.3, -0.25) is 4.79 Å². The summed E-state index contributed by atoms with van der Waals surface area (Å²) in [5.74, 6) is 0.491. The van der Waals surface area contributed by atoms with Gasteiger partial charge in [0.05, 0.1) is 6.10 Å². The van der Waals surface area contributed by atoms with Crippen molar-refractivity contribution >= 4 is 5.97 Å². The standard InChI is InChI=1S/C19H28N2O3/c1-14-11-17(19(23)24-14)20-12-15-7-9-21(10-8-15)13-18(22)16-5-3-2-4-6-16/h2-6,14-15,17-18,20,22H,7-13H2,1H3/t14-,17-,18+/m1/s1. The van der Waals surface area contributed by atoms with Crippen LogP contribution in [-0.2, 0) is 9.53 Å². The third-order valence-electron chi connectivity index (χ3n) is 5.15. The first-order chi connectivity index (χ1) is 11.6. The molecule has 0 radical (unpaired) electrons. The van der Waals surface area contributed by atoms with Crippen molar-refractivity contribution in [3.8, 4) is 0 Å². The minimum absolute atomic E-state index is 0.0383. The fraction of sp³-hybridized carbons (Fsp3) is 0.632. The molecule has 2 fully saturated rings. The Hall–Kier alpha value is -1.43. The highest BCUT2D eigenvalue weighted by molar-refractivity contribution is 5.77. The molecule has 5 heteroatoms. The lowest BCUT2D eigenvalue weighted by molar-refractivity contribution is -0.142. The first-order valence-corrected chi connectivity index (χ1v) is 9.01. The lowest BCUT2D eigenvalue weighted by Crippen LogP contribution is -2.42. The molecule has 24 heavy (non-hydrogen) atoms. The molecule has 0 amide bonds. The summed E-state index contributed by atoms with van der Waals surface area (Å²) in [6.45, 7) is 5.51. The SMILES string of the molecule is C[C@@H]1C[C@@H](NCC2CCN(C[C@H](O)c3ccccc3)CC2)C(=O)O1. The number of nitrogens with zero attached hydrogens (tertiary/aromatic N) is 1. The summed E-state index contributed by atoms with van der Waals surface area (Å²) in [5.41, 5.74) is 0.982. The van der Waals surface area contributed by atoms with Crippen LogP contribution in [0.3, 0.4) is 0 Å². The lowest BCUT2D eigenvalue weighted by atomic mass is 9.95. The molecule has 2 aliphatic rings. The lowest BCUT2D eigenvalue weighted by Gasteiger charge is -2.33. The number of aliphatic hydroxyl groups is 1. The van der Waals surface area contributed by atoms with Crippen LogP contribution in [0.2, 0.25) is 0 Å². The minimum Gasteiger partial charge on any atom is -0.461 e. The predicted octanol–water partition coefficient (Wildman–Crippen LogP) is 1.73. The predicted molar refractivity (Wildman–Crippen MR) is 92.5 cm³/mol. The highest BCUT2D eigenvalue weighted by Crippen LogP contribution is 2.21. The van der Waals surface area contributed by atoms with Gasteiger partial charge in [-0.05, 0) is 50.9 Å². The van der Waals surface area contributed by atoms with Crippen molar-refractivity contribution in [2.75, 3.05) is 26.2 Å². The third-order valence-corrected chi connectivity index (χ3v) is 5.15. The van der Waals surface area contributed by atoms with Crippen molar-refractivity contribution in [3.05, 3.63) is 35.9 Å². The topological polar surface area (TPSA) is 61.8 Å². The Bertz CT molecular complexity index is 529. The summed E-state index contributed by atoms with van der Waals surface area (Å²) < 4.78 is 5.18. The zero-order chi connectivity index (χ0) is 16.9. The maximum absolute atomic E-state index is 11.6. The number of hydrogen-bond acceptors (Lipinski definition) is 5. The van der Waals surface area contributed by atoms with E-state index in [0.29, 0.717) is 12.5 Å². The van der Waals surface area contributed by atoms with Crippen LogP contribution in [0.1, 0.15) is 37.9 Å². The molecular weight excluding hydrogens is 304 g/mol. The Labute approximate surface area is 144 Å². The van der Waals surface area contributed by atoms with Gasteiger partial charge in [0, 0.05) is 13.0 Å². The van der Waals surface area contributed by atoms with Crippen LogP contribution < -0.4 is 5.32 Å². The van der Waals surface area contributed by atoms with Crippen molar-refractivity contribution in [2.24, 2.45) is 5.92 Å². The first kappa shape index (κ1) is 17.4. The van der Waals surface area contributed by atoms with Crippen LogP contribution in [0.15, 0.2) is 30.3 Å². The maximum atomic E-state index is 11.6. The monoisotopic (exact) mass is 332 g/mol. The number of carbonyl (C=O) groups excluding carboxylic acids is 1. The number of nitrogens with one attached hydrogen (secondary N) is 1. The largest absolute Gasteiger partial charge is 0.461 e. The fourth-order valence-electron chi connectivity index (χ4n) is 3.63. The summed E-state index contributed by atoms with van der Waals surface area (Å²) in [6.07, 6.45) is 2.60. The van der Waals surface area contributed by atoms with Crippen LogP contribution in [-0.4, -0.2) is 54.3 Å². The summed E-state index contributed by atoms with van der Waals surface area (Å²) in [4.78, 5) is 14.0. The molecule has 0 aromatic heterocycles. The van der Waals surface area contributed by atoms with Gasteiger partial charge in [0.25, 0.3) is 0 Å². The number of hydrogen-bond donors (Lipinski definition) is 2. The molecule has 3 atom stereocenters. The number of rotatable bonds is 6. The molecule has 2 saturated heterocycles. The normalized spacial score (nSPS) is 27.2. The number of aliphatic hydroxyl groups excluding tert-OH is 1. The summed E-state index contributed by atoms with van der Waals surface area (Å²) in [5, 5.41) is 13.7. The molecule has 132 valence electrons. The number of likely N-dealkylation sites (tertiary alicyclic amines) is 1. The Morgan fingerprint density at radius 2 is 2.00 bits per heavy atom. The number of cyclic esters (lactones) is 1. The van der Waals surface area contributed by atoms with Crippen molar-refractivity contribution < 1.29 is 14.6 Å². The average Bonchev–Trinajstić information content (AvgIpc) is 2.92. The average molecular weight is 332 g/mol. The molecular formula is C19H28N2O3. The smallest absolute Gasteiger partial charge is 0.323 e. The zero-order valence-electron chi connectivity index (χ0n) is 14.4. The van der Waals surface area contributed by atoms with Crippen LogP contribution in [0.4, 0.5) is 0 Å². The number of carbonyl (C=O) groups is 1. The number of piperidine rings is 1. The van der Waals surface area contributed by atoms with E-state index >= 15 is 0 Å². The highest BCUT2D eigenvalue weighted by Gasteiger charge is 2.32. The second-order valence-corrected chi connectivity index (χ2v) is 7.11. The highest BCUT2D eigenvalue weighted by atomic mass is 16.6. The molecule has 0 bridgehead atoms. The third kappa shape index (κ3) is 4.56. The van der Waals surface area contributed by atoms with Gasteiger partial charge in [0.15, 0.2) is 0 Å². The number of benzene rings is 1. The van der Waals surface area contributed by atoms with Crippen molar-refractivity contribution in [1.29, 1.82) is 0 Å². The van der Waals surface area contributed by atoms with Gasteiger partial charge in [0.2, 0.25) is 0 Å². The molecule has 3 rings (SSSR count). The molecule has 1 aromatic rings. The van der Waals surface area contributed by atoms with E-state index in [9.17, 15) is 9.90 Å². The Morgan fingerprint density at radius 1 is 1.29 bits per heavy atom. The van der Waals surface area contributed by atoms with Gasteiger partial charge in [0.1, 0.15) is 12.1 Å². The van der Waals surface area contributed by atoms with Gasteiger partial charge in [-0.25, -0.2) is 0 Å². The van der Waals surface area contributed by atoms with E-state index in [4.69, 9.17) is 4.74 Å². The number of ether oxygens (including phenoxy) is 1. The van der Waals surface area contributed by atoms with Crippen molar-refractivity contribution in [3.63, 3.8) is 0 Å². The van der Waals surface area contributed by atoms with Crippen LogP contribution in [0, 0.1) is 5.92 Å². The van der Waals surface area contributed by atoms with E-state index in [2.05, 4.69) is 10.2 Å². The summed E-state index contributed by atoms with van der Waals surface area (Å²) in [7, 11) is 0. The van der Waals surface area contributed by atoms with E-state index in [1.807, 2.05) is 37.3 Å². The Kier molecular flexibility index (Phi) is 5.87.